The van der Waals surface area contributed by atoms with Crippen molar-refractivity contribution in [2.75, 3.05) is 0 Å². The molecule has 2 nitrogen and oxygen atoms in total. The standard InChI is InChI=1S/C14H14BrNO/c1-14(17,9-11-5-4-8-16-10-11)12-6-2-3-7-13(12)15/h2-8,10,17H,9H2,1H3. The number of rotatable bonds is 3. The largest absolute Gasteiger partial charge is 0.385 e. The molecule has 0 spiro atoms. The summed E-state index contributed by atoms with van der Waals surface area (Å²) in [6, 6.07) is 11.6. The summed E-state index contributed by atoms with van der Waals surface area (Å²) in [6.07, 6.45) is 4.06. The van der Waals surface area contributed by atoms with Crippen molar-refractivity contribution in [1.29, 1.82) is 0 Å². The first-order valence-electron chi connectivity index (χ1n) is 5.46. The second-order valence-corrected chi connectivity index (χ2v) is 5.15. The van der Waals surface area contributed by atoms with Crippen LogP contribution in [0.15, 0.2) is 53.3 Å². The zero-order valence-corrected chi connectivity index (χ0v) is 11.2. The molecule has 3 heteroatoms. The Bertz CT molecular complexity index is 497. The Balaban J connectivity index is 2.28. The van der Waals surface area contributed by atoms with Gasteiger partial charge >= 0.3 is 0 Å². The van der Waals surface area contributed by atoms with Crippen LogP contribution in [0.2, 0.25) is 0 Å². The number of aromatic nitrogens is 1. The van der Waals surface area contributed by atoms with Crippen molar-refractivity contribution in [3.05, 3.63) is 64.4 Å². The Hall–Kier alpha value is -1.19. The molecule has 0 aliphatic heterocycles. The Morgan fingerprint density at radius 1 is 1.24 bits per heavy atom. The second kappa shape index (κ2) is 4.98. The summed E-state index contributed by atoms with van der Waals surface area (Å²) >= 11 is 3.47. The van der Waals surface area contributed by atoms with Gasteiger partial charge in [0.25, 0.3) is 0 Å². The molecule has 0 saturated heterocycles. The smallest absolute Gasteiger partial charge is 0.0920 e. The van der Waals surface area contributed by atoms with E-state index in [2.05, 4.69) is 20.9 Å². The first-order chi connectivity index (χ1) is 8.09. The highest BCUT2D eigenvalue weighted by molar-refractivity contribution is 9.10. The number of hydrogen-bond donors (Lipinski definition) is 1. The average Bonchev–Trinajstić information content (AvgIpc) is 2.30. The van der Waals surface area contributed by atoms with E-state index in [1.54, 1.807) is 12.4 Å². The van der Waals surface area contributed by atoms with Crippen molar-refractivity contribution < 1.29 is 5.11 Å². The molecule has 1 atom stereocenters. The Kier molecular flexibility index (Phi) is 3.60. The van der Waals surface area contributed by atoms with Gasteiger partial charge in [0, 0.05) is 23.3 Å². The van der Waals surface area contributed by atoms with Gasteiger partial charge in [0.1, 0.15) is 0 Å². The molecule has 0 aliphatic rings. The number of pyridine rings is 1. The lowest BCUT2D eigenvalue weighted by Gasteiger charge is -2.25. The van der Waals surface area contributed by atoms with Gasteiger partial charge in [0.15, 0.2) is 0 Å². The minimum Gasteiger partial charge on any atom is -0.385 e. The molecule has 0 saturated carbocycles. The highest BCUT2D eigenvalue weighted by atomic mass is 79.9. The van der Waals surface area contributed by atoms with Gasteiger partial charge < -0.3 is 5.11 Å². The molecular weight excluding hydrogens is 278 g/mol. The summed E-state index contributed by atoms with van der Waals surface area (Å²) in [6.45, 7) is 1.82. The van der Waals surface area contributed by atoms with Gasteiger partial charge in [-0.25, -0.2) is 0 Å². The van der Waals surface area contributed by atoms with E-state index in [4.69, 9.17) is 0 Å². The molecule has 2 aromatic rings. The van der Waals surface area contributed by atoms with Crippen molar-refractivity contribution in [2.24, 2.45) is 0 Å². The van der Waals surface area contributed by atoms with Crippen LogP contribution in [0.25, 0.3) is 0 Å². The third kappa shape index (κ3) is 2.93. The Labute approximate surface area is 109 Å². The molecular formula is C14H14BrNO. The molecule has 1 unspecified atom stereocenters. The Morgan fingerprint density at radius 2 is 2.00 bits per heavy atom. The number of benzene rings is 1. The molecule has 1 heterocycles. The monoisotopic (exact) mass is 291 g/mol. The van der Waals surface area contributed by atoms with Crippen LogP contribution in [-0.2, 0) is 12.0 Å². The maximum absolute atomic E-state index is 10.6. The van der Waals surface area contributed by atoms with Crippen LogP contribution in [0.5, 0.6) is 0 Å². The van der Waals surface area contributed by atoms with E-state index in [0.29, 0.717) is 6.42 Å². The van der Waals surface area contributed by atoms with Crippen molar-refractivity contribution in [2.45, 2.75) is 18.9 Å². The highest BCUT2D eigenvalue weighted by Crippen LogP contribution is 2.30. The van der Waals surface area contributed by atoms with Gasteiger partial charge in [0.2, 0.25) is 0 Å². The van der Waals surface area contributed by atoms with Crippen molar-refractivity contribution in [3.8, 4) is 0 Å². The van der Waals surface area contributed by atoms with E-state index >= 15 is 0 Å². The number of nitrogens with zero attached hydrogens (tertiary/aromatic N) is 1. The van der Waals surface area contributed by atoms with E-state index < -0.39 is 5.60 Å². The number of hydrogen-bond acceptors (Lipinski definition) is 2. The third-order valence-electron chi connectivity index (χ3n) is 2.73. The van der Waals surface area contributed by atoms with Gasteiger partial charge in [-0.05, 0) is 30.2 Å². The molecule has 0 fully saturated rings. The molecule has 0 amide bonds. The van der Waals surface area contributed by atoms with Crippen LogP contribution in [0.3, 0.4) is 0 Å². The quantitative estimate of drug-likeness (QED) is 0.941. The minimum absolute atomic E-state index is 0.545. The SMILES string of the molecule is CC(O)(Cc1cccnc1)c1ccccc1Br. The summed E-state index contributed by atoms with van der Waals surface area (Å²) < 4.78 is 0.925. The van der Waals surface area contributed by atoms with Crippen molar-refractivity contribution >= 4 is 15.9 Å². The number of halogens is 1. The third-order valence-corrected chi connectivity index (χ3v) is 3.42. The minimum atomic E-state index is -0.900. The van der Waals surface area contributed by atoms with Gasteiger partial charge in [-0.2, -0.15) is 0 Å². The van der Waals surface area contributed by atoms with E-state index in [1.165, 1.54) is 0 Å². The van der Waals surface area contributed by atoms with Crippen LogP contribution in [0.1, 0.15) is 18.1 Å². The zero-order chi connectivity index (χ0) is 12.3. The number of aliphatic hydroxyl groups is 1. The maximum Gasteiger partial charge on any atom is 0.0920 e. The zero-order valence-electron chi connectivity index (χ0n) is 9.60. The van der Waals surface area contributed by atoms with E-state index in [0.717, 1.165) is 15.6 Å². The van der Waals surface area contributed by atoms with Crippen LogP contribution < -0.4 is 0 Å². The first-order valence-corrected chi connectivity index (χ1v) is 6.25. The summed E-state index contributed by atoms with van der Waals surface area (Å²) in [5.41, 5.74) is 1.01. The Morgan fingerprint density at radius 3 is 2.65 bits per heavy atom. The van der Waals surface area contributed by atoms with Crippen LogP contribution in [-0.4, -0.2) is 10.1 Å². The van der Waals surface area contributed by atoms with Gasteiger partial charge in [-0.3, -0.25) is 4.98 Å². The first kappa shape index (κ1) is 12.3. The molecule has 1 N–H and O–H groups in total. The van der Waals surface area contributed by atoms with Crippen molar-refractivity contribution in [3.63, 3.8) is 0 Å². The fraction of sp³-hybridized carbons (Fsp3) is 0.214. The molecule has 0 radical (unpaired) electrons. The lowest BCUT2D eigenvalue weighted by Crippen LogP contribution is -2.24. The van der Waals surface area contributed by atoms with E-state index in [-0.39, 0.29) is 0 Å². The summed E-state index contributed by atoms with van der Waals surface area (Å²) in [5.74, 6) is 0. The average molecular weight is 292 g/mol. The molecule has 2 rings (SSSR count). The normalized spacial score (nSPS) is 14.3. The maximum atomic E-state index is 10.6. The summed E-state index contributed by atoms with van der Waals surface area (Å²) in [5, 5.41) is 10.6. The van der Waals surface area contributed by atoms with Crippen LogP contribution >= 0.6 is 15.9 Å². The molecule has 17 heavy (non-hydrogen) atoms. The van der Waals surface area contributed by atoms with Gasteiger partial charge in [-0.15, -0.1) is 0 Å². The lowest BCUT2D eigenvalue weighted by molar-refractivity contribution is 0.0568. The second-order valence-electron chi connectivity index (χ2n) is 4.29. The predicted octanol–water partition coefficient (Wildman–Crippen LogP) is 3.29. The van der Waals surface area contributed by atoms with Gasteiger partial charge in [-0.1, -0.05) is 40.2 Å². The van der Waals surface area contributed by atoms with E-state index in [1.807, 2.05) is 43.3 Å². The summed E-state index contributed by atoms with van der Waals surface area (Å²) in [4.78, 5) is 4.06. The molecule has 0 aliphatic carbocycles. The molecule has 0 bridgehead atoms. The fourth-order valence-electron chi connectivity index (χ4n) is 1.89. The van der Waals surface area contributed by atoms with Crippen LogP contribution in [0, 0.1) is 0 Å². The lowest BCUT2D eigenvalue weighted by atomic mass is 9.90. The fourth-order valence-corrected chi connectivity index (χ4v) is 2.61. The molecule has 1 aromatic carbocycles. The predicted molar refractivity (Wildman–Crippen MR) is 71.7 cm³/mol. The van der Waals surface area contributed by atoms with Crippen LogP contribution in [0.4, 0.5) is 0 Å². The highest BCUT2D eigenvalue weighted by Gasteiger charge is 2.25. The molecule has 1 aromatic heterocycles. The topological polar surface area (TPSA) is 33.1 Å². The van der Waals surface area contributed by atoms with E-state index in [9.17, 15) is 5.11 Å². The molecule has 88 valence electrons. The van der Waals surface area contributed by atoms with Crippen molar-refractivity contribution in [1.82, 2.24) is 4.98 Å². The van der Waals surface area contributed by atoms with Gasteiger partial charge in [0.05, 0.1) is 5.60 Å². The summed E-state index contributed by atoms with van der Waals surface area (Å²) in [7, 11) is 0.